The monoisotopic (exact) mass is 295 g/mol. The van der Waals surface area contributed by atoms with E-state index in [1.54, 1.807) is 11.1 Å². The number of rotatable bonds is 2. The summed E-state index contributed by atoms with van der Waals surface area (Å²) in [6, 6.07) is 1.06. The summed E-state index contributed by atoms with van der Waals surface area (Å²) in [5.74, 6) is -0.314. The number of amides is 1. The van der Waals surface area contributed by atoms with Gasteiger partial charge in [-0.15, -0.1) is 0 Å². The molecule has 0 aromatic carbocycles. The van der Waals surface area contributed by atoms with Crippen molar-refractivity contribution in [2.24, 2.45) is 11.7 Å². The average Bonchev–Trinajstić information content (AvgIpc) is 2.85. The van der Waals surface area contributed by atoms with E-state index >= 15 is 0 Å². The van der Waals surface area contributed by atoms with E-state index in [0.29, 0.717) is 18.7 Å². The third kappa shape index (κ3) is 4.14. The van der Waals surface area contributed by atoms with E-state index in [1.807, 2.05) is 20.8 Å². The number of halogens is 1. The maximum Gasteiger partial charge on any atom is 0.410 e. The number of hydrogen-bond donors (Lipinski definition) is 1. The fraction of sp³-hybridized carbons (Fsp3) is 0.600. The molecule has 0 spiro atoms. The molecule has 1 aliphatic rings. The molecule has 2 N–H and O–H groups in total. The van der Waals surface area contributed by atoms with Gasteiger partial charge in [-0.3, -0.25) is 4.98 Å². The minimum absolute atomic E-state index is 0.0844. The van der Waals surface area contributed by atoms with Crippen LogP contribution in [0.5, 0.6) is 0 Å². The molecule has 116 valence electrons. The van der Waals surface area contributed by atoms with Gasteiger partial charge in [0.05, 0.1) is 6.20 Å². The van der Waals surface area contributed by atoms with Crippen molar-refractivity contribution in [2.75, 3.05) is 13.1 Å². The van der Waals surface area contributed by atoms with E-state index < -0.39 is 11.4 Å². The van der Waals surface area contributed by atoms with Crippen molar-refractivity contribution in [2.45, 2.75) is 38.8 Å². The van der Waals surface area contributed by atoms with Crippen molar-refractivity contribution >= 4 is 6.09 Å². The van der Waals surface area contributed by atoms with Crippen LogP contribution in [0.3, 0.4) is 0 Å². The quantitative estimate of drug-likeness (QED) is 0.910. The second kappa shape index (κ2) is 5.97. The number of nitrogens with zero attached hydrogens (tertiary/aromatic N) is 2. The summed E-state index contributed by atoms with van der Waals surface area (Å²) < 4.78 is 18.6. The zero-order chi connectivity index (χ0) is 15.6. The van der Waals surface area contributed by atoms with Crippen LogP contribution in [0.4, 0.5) is 9.18 Å². The van der Waals surface area contributed by atoms with Gasteiger partial charge in [0.1, 0.15) is 11.4 Å². The highest BCUT2D eigenvalue weighted by Crippen LogP contribution is 2.29. The maximum absolute atomic E-state index is 13.2. The molecule has 5 nitrogen and oxygen atoms in total. The third-order valence-corrected chi connectivity index (χ3v) is 3.50. The number of likely N-dealkylation sites (tertiary alicyclic amines) is 1. The summed E-state index contributed by atoms with van der Waals surface area (Å²) in [6.45, 7) is 6.64. The zero-order valence-corrected chi connectivity index (χ0v) is 12.7. The number of ether oxygens (including phenoxy) is 1. The van der Waals surface area contributed by atoms with Crippen LogP contribution in [-0.2, 0) is 4.74 Å². The SMILES string of the molecule is CC(C)(C)OC(=O)N1CCC(C(N)c2cncc(F)c2)C1. The zero-order valence-electron chi connectivity index (χ0n) is 12.7. The van der Waals surface area contributed by atoms with E-state index in [2.05, 4.69) is 4.98 Å². The minimum atomic E-state index is -0.510. The number of aromatic nitrogens is 1. The maximum atomic E-state index is 13.2. The van der Waals surface area contributed by atoms with E-state index in [9.17, 15) is 9.18 Å². The fourth-order valence-corrected chi connectivity index (χ4v) is 2.46. The fourth-order valence-electron chi connectivity index (χ4n) is 2.46. The Bertz CT molecular complexity index is 516. The summed E-state index contributed by atoms with van der Waals surface area (Å²) in [7, 11) is 0. The highest BCUT2D eigenvalue weighted by Gasteiger charge is 2.33. The molecular formula is C15H22FN3O2. The van der Waals surface area contributed by atoms with Crippen LogP contribution in [0.1, 0.15) is 38.8 Å². The van der Waals surface area contributed by atoms with Crippen LogP contribution in [-0.4, -0.2) is 34.7 Å². The lowest BCUT2D eigenvalue weighted by molar-refractivity contribution is 0.0286. The summed E-state index contributed by atoms with van der Waals surface area (Å²) in [5, 5.41) is 0. The van der Waals surface area contributed by atoms with Crippen LogP contribution in [0.25, 0.3) is 0 Å². The molecule has 2 atom stereocenters. The molecule has 6 heteroatoms. The Morgan fingerprint density at radius 1 is 1.52 bits per heavy atom. The second-order valence-electron chi connectivity index (χ2n) is 6.44. The summed E-state index contributed by atoms with van der Waals surface area (Å²) >= 11 is 0. The van der Waals surface area contributed by atoms with Gasteiger partial charge >= 0.3 is 6.09 Å². The van der Waals surface area contributed by atoms with E-state index in [0.717, 1.165) is 12.6 Å². The molecule has 1 aliphatic heterocycles. The molecule has 2 rings (SSSR count). The molecule has 1 saturated heterocycles. The molecule has 1 amide bonds. The average molecular weight is 295 g/mol. The topological polar surface area (TPSA) is 68.5 Å². The predicted octanol–water partition coefficient (Wildman–Crippen LogP) is 2.48. The van der Waals surface area contributed by atoms with E-state index in [1.165, 1.54) is 6.07 Å². The molecule has 1 aromatic rings. The molecule has 0 bridgehead atoms. The van der Waals surface area contributed by atoms with Gasteiger partial charge < -0.3 is 15.4 Å². The first-order chi connectivity index (χ1) is 9.76. The van der Waals surface area contributed by atoms with Gasteiger partial charge in [0.25, 0.3) is 0 Å². The van der Waals surface area contributed by atoms with E-state index in [4.69, 9.17) is 10.5 Å². The lowest BCUT2D eigenvalue weighted by Crippen LogP contribution is -2.36. The number of nitrogens with two attached hydrogens (primary N) is 1. The standard InChI is InChI=1S/C15H22FN3O2/c1-15(2,3)21-14(20)19-5-4-10(9-19)13(17)11-6-12(16)8-18-7-11/h6-8,10,13H,4-5,9,17H2,1-3H3. The first-order valence-electron chi connectivity index (χ1n) is 7.10. The first-order valence-corrected chi connectivity index (χ1v) is 7.10. The van der Waals surface area contributed by atoms with Crippen molar-refractivity contribution in [1.82, 2.24) is 9.88 Å². The number of carbonyl (C=O) groups excluding carboxylic acids is 1. The summed E-state index contributed by atoms with van der Waals surface area (Å²) in [5.41, 5.74) is 6.32. The molecular weight excluding hydrogens is 273 g/mol. The van der Waals surface area contributed by atoms with Gasteiger partial charge in [-0.2, -0.15) is 0 Å². The van der Waals surface area contributed by atoms with Gasteiger partial charge in [-0.1, -0.05) is 0 Å². The number of pyridine rings is 1. The molecule has 2 heterocycles. The van der Waals surface area contributed by atoms with Gasteiger partial charge in [0.15, 0.2) is 0 Å². The highest BCUT2D eigenvalue weighted by molar-refractivity contribution is 5.68. The predicted molar refractivity (Wildman–Crippen MR) is 77.0 cm³/mol. The summed E-state index contributed by atoms with van der Waals surface area (Å²) in [4.78, 5) is 17.5. The molecule has 2 unspecified atom stereocenters. The van der Waals surface area contributed by atoms with Crippen molar-refractivity contribution in [1.29, 1.82) is 0 Å². The van der Waals surface area contributed by atoms with Crippen LogP contribution in [0, 0.1) is 11.7 Å². The molecule has 1 aromatic heterocycles. The largest absolute Gasteiger partial charge is 0.444 e. The smallest absolute Gasteiger partial charge is 0.410 e. The Hall–Kier alpha value is -1.69. The Kier molecular flexibility index (Phi) is 4.46. The van der Waals surface area contributed by atoms with Gasteiger partial charge in [0, 0.05) is 25.3 Å². The minimum Gasteiger partial charge on any atom is -0.444 e. The molecule has 0 saturated carbocycles. The number of hydrogen-bond acceptors (Lipinski definition) is 4. The Balaban J connectivity index is 1.97. The van der Waals surface area contributed by atoms with Gasteiger partial charge in [0.2, 0.25) is 0 Å². The van der Waals surface area contributed by atoms with Crippen molar-refractivity contribution in [3.63, 3.8) is 0 Å². The second-order valence-corrected chi connectivity index (χ2v) is 6.44. The third-order valence-electron chi connectivity index (χ3n) is 3.50. The number of carbonyl (C=O) groups is 1. The normalized spacial score (nSPS) is 20.4. The van der Waals surface area contributed by atoms with Crippen LogP contribution in [0.2, 0.25) is 0 Å². The lowest BCUT2D eigenvalue weighted by atomic mass is 9.94. The van der Waals surface area contributed by atoms with Crippen molar-refractivity contribution in [3.05, 3.63) is 29.8 Å². The van der Waals surface area contributed by atoms with Crippen LogP contribution >= 0.6 is 0 Å². The molecule has 0 aliphatic carbocycles. The molecule has 1 fully saturated rings. The lowest BCUT2D eigenvalue weighted by Gasteiger charge is -2.25. The summed E-state index contributed by atoms with van der Waals surface area (Å²) in [6.07, 6.45) is 3.17. The van der Waals surface area contributed by atoms with Crippen molar-refractivity contribution in [3.8, 4) is 0 Å². The Morgan fingerprint density at radius 3 is 2.86 bits per heavy atom. The van der Waals surface area contributed by atoms with Gasteiger partial charge in [-0.25, -0.2) is 9.18 Å². The van der Waals surface area contributed by atoms with Gasteiger partial charge in [-0.05, 0) is 44.7 Å². The molecule has 21 heavy (non-hydrogen) atoms. The van der Waals surface area contributed by atoms with E-state index in [-0.39, 0.29) is 18.1 Å². The van der Waals surface area contributed by atoms with Crippen molar-refractivity contribution < 1.29 is 13.9 Å². The van der Waals surface area contributed by atoms with Crippen LogP contribution in [0.15, 0.2) is 18.5 Å². The Labute approximate surface area is 124 Å². The Morgan fingerprint density at radius 2 is 2.24 bits per heavy atom. The molecule has 0 radical (unpaired) electrons. The first kappa shape index (κ1) is 15.7. The highest BCUT2D eigenvalue weighted by atomic mass is 19.1. The van der Waals surface area contributed by atoms with Crippen LogP contribution < -0.4 is 5.73 Å².